The predicted octanol–water partition coefficient (Wildman–Crippen LogP) is 7.85. The summed E-state index contributed by atoms with van der Waals surface area (Å²) in [7, 11) is -7.72. The zero-order chi connectivity index (χ0) is 29.2. The van der Waals surface area contributed by atoms with Gasteiger partial charge in [0.25, 0.3) is 0 Å². The highest BCUT2D eigenvalue weighted by Crippen LogP contribution is 2.64. The van der Waals surface area contributed by atoms with Crippen molar-refractivity contribution < 1.29 is 37.4 Å². The van der Waals surface area contributed by atoms with Gasteiger partial charge in [0.2, 0.25) is 0 Å². The van der Waals surface area contributed by atoms with Crippen LogP contribution in [0.15, 0.2) is 72.8 Å². The van der Waals surface area contributed by atoms with Crippen LogP contribution < -0.4 is 10.6 Å². The molecular weight excluding hydrogens is 554 g/mol. The molecule has 3 aromatic carbocycles. The van der Waals surface area contributed by atoms with Gasteiger partial charge in [-0.05, 0) is 52.0 Å². The van der Waals surface area contributed by atoms with Crippen LogP contribution in [0.1, 0.15) is 50.4 Å². The molecule has 2 atom stereocenters. The van der Waals surface area contributed by atoms with E-state index >= 15 is 0 Å². The molecule has 0 aromatic heterocycles. The number of rotatable bonds is 16. The second kappa shape index (κ2) is 14.7. The molecule has 10 nitrogen and oxygen atoms in total. The van der Waals surface area contributed by atoms with E-state index in [2.05, 4.69) is 10.6 Å². The minimum atomic E-state index is -3.86. The zero-order valence-corrected chi connectivity index (χ0v) is 24.9. The van der Waals surface area contributed by atoms with Gasteiger partial charge in [0, 0.05) is 11.1 Å². The molecule has 3 rings (SSSR count). The summed E-state index contributed by atoms with van der Waals surface area (Å²) in [6, 6.07) is 20.0. The van der Waals surface area contributed by atoms with Gasteiger partial charge in [0.05, 0.1) is 37.8 Å². The van der Waals surface area contributed by atoms with E-state index in [-0.39, 0.29) is 37.9 Å². The Morgan fingerprint density at radius 2 is 0.875 bits per heavy atom. The van der Waals surface area contributed by atoms with Crippen LogP contribution in [0, 0.1) is 0 Å². The molecule has 0 aliphatic carbocycles. The molecule has 218 valence electrons. The van der Waals surface area contributed by atoms with E-state index in [0.29, 0.717) is 22.5 Å². The van der Waals surface area contributed by atoms with Crippen molar-refractivity contribution in [3.8, 4) is 11.5 Å². The molecule has 40 heavy (non-hydrogen) atoms. The average Bonchev–Trinajstić information content (AvgIpc) is 2.92. The number of para-hydroxylation sites is 4. The van der Waals surface area contributed by atoms with Crippen molar-refractivity contribution in [2.75, 3.05) is 37.1 Å². The molecule has 4 N–H and O–H groups in total. The summed E-state index contributed by atoms with van der Waals surface area (Å²) < 4.78 is 50.7. The molecule has 0 spiro atoms. The normalized spacial score (nSPS) is 13.5. The summed E-state index contributed by atoms with van der Waals surface area (Å²) in [4.78, 5) is 0. The molecule has 0 amide bonds. The van der Waals surface area contributed by atoms with Gasteiger partial charge >= 0.3 is 15.2 Å². The highest BCUT2D eigenvalue weighted by molar-refractivity contribution is 7.54. The lowest BCUT2D eigenvalue weighted by Crippen LogP contribution is -2.19. The number of hydrogen-bond donors (Lipinski definition) is 4. The smallest absolute Gasteiger partial charge is 0.357 e. The summed E-state index contributed by atoms with van der Waals surface area (Å²) in [6.07, 6.45) is 0. The quantitative estimate of drug-likeness (QED) is 0.122. The van der Waals surface area contributed by atoms with Crippen molar-refractivity contribution in [2.24, 2.45) is 0 Å². The number of nitrogens with one attached hydrogen (secondary N) is 2. The van der Waals surface area contributed by atoms with Crippen molar-refractivity contribution in [3.63, 3.8) is 0 Å². The van der Waals surface area contributed by atoms with E-state index in [0.717, 1.165) is 0 Å². The monoisotopic (exact) mass is 592 g/mol. The lowest BCUT2D eigenvalue weighted by atomic mass is 10.1. The third-order valence-corrected chi connectivity index (χ3v) is 10.4. The first-order valence-corrected chi connectivity index (χ1v) is 16.4. The molecule has 0 fully saturated rings. The first-order valence-electron chi connectivity index (χ1n) is 13.2. The van der Waals surface area contributed by atoms with Gasteiger partial charge in [0.15, 0.2) is 11.6 Å². The summed E-state index contributed by atoms with van der Waals surface area (Å²) in [5.74, 6) is -2.36. The Balaban J connectivity index is 2.14. The van der Waals surface area contributed by atoms with Gasteiger partial charge in [-0.15, -0.1) is 0 Å². The summed E-state index contributed by atoms with van der Waals surface area (Å²) in [5.41, 5.74) is 1.51. The summed E-state index contributed by atoms with van der Waals surface area (Å²) in [5, 5.41) is 27.8. The van der Waals surface area contributed by atoms with Gasteiger partial charge in [-0.25, -0.2) is 0 Å². The van der Waals surface area contributed by atoms with Crippen LogP contribution in [0.4, 0.5) is 11.4 Å². The molecule has 0 aliphatic rings. The Bertz CT molecular complexity index is 1220. The number of aromatic hydroxyl groups is 2. The van der Waals surface area contributed by atoms with E-state index in [1.807, 2.05) is 0 Å². The molecule has 0 aliphatic heterocycles. The Morgan fingerprint density at radius 3 is 1.18 bits per heavy atom. The summed E-state index contributed by atoms with van der Waals surface area (Å²) >= 11 is 0. The maximum atomic E-state index is 14.0. The van der Waals surface area contributed by atoms with Gasteiger partial charge in [-0.2, -0.15) is 0 Å². The molecule has 3 aromatic rings. The highest BCUT2D eigenvalue weighted by Gasteiger charge is 2.41. The SMILES string of the molecule is CCOP(=O)(OCC)C(Nc1ccccc1NC(c1ccccc1O)P(=O)(OCC)OCC)c1ccccc1O. The largest absolute Gasteiger partial charge is 0.508 e. The number of anilines is 2. The maximum Gasteiger partial charge on any atom is 0.357 e. The fraction of sp³-hybridized carbons (Fsp3) is 0.357. The lowest BCUT2D eigenvalue weighted by Gasteiger charge is -2.31. The van der Waals surface area contributed by atoms with Crippen LogP contribution in [0.25, 0.3) is 0 Å². The fourth-order valence-corrected chi connectivity index (χ4v) is 8.11. The Hall–Kier alpha value is -2.84. The van der Waals surface area contributed by atoms with Crippen LogP contribution in [0.2, 0.25) is 0 Å². The first-order chi connectivity index (χ1) is 19.2. The molecule has 12 heteroatoms. The standard InChI is InChI=1S/C28H38N2O8P2/c1-5-35-39(33,36-6-2)27(21-15-9-13-19-25(21)31)29-23-17-11-12-18-24(23)30-28(22-16-10-14-20-26(22)32)40(34,37-7-3)38-8-4/h9-20,27-32H,5-8H2,1-4H3. The van der Waals surface area contributed by atoms with Crippen molar-refractivity contribution in [3.05, 3.63) is 83.9 Å². The number of hydrogen-bond acceptors (Lipinski definition) is 10. The number of phenols is 2. The predicted molar refractivity (Wildman–Crippen MR) is 157 cm³/mol. The van der Waals surface area contributed by atoms with Crippen molar-refractivity contribution in [2.45, 2.75) is 39.3 Å². The molecule has 0 bridgehead atoms. The van der Waals surface area contributed by atoms with Gasteiger partial charge in [-0.1, -0.05) is 48.5 Å². The Morgan fingerprint density at radius 1 is 0.575 bits per heavy atom. The second-order valence-corrected chi connectivity index (χ2v) is 12.7. The zero-order valence-electron chi connectivity index (χ0n) is 23.1. The Kier molecular flexibility index (Phi) is 11.6. The third kappa shape index (κ3) is 7.46. The van der Waals surface area contributed by atoms with E-state index in [1.54, 1.807) is 88.4 Å². The van der Waals surface area contributed by atoms with Crippen molar-refractivity contribution in [1.29, 1.82) is 0 Å². The van der Waals surface area contributed by atoms with Crippen LogP contribution in [0.3, 0.4) is 0 Å². The molecule has 0 saturated heterocycles. The van der Waals surface area contributed by atoms with Crippen LogP contribution in [0.5, 0.6) is 11.5 Å². The van der Waals surface area contributed by atoms with Crippen molar-refractivity contribution >= 4 is 26.6 Å². The molecule has 0 radical (unpaired) electrons. The highest BCUT2D eigenvalue weighted by atomic mass is 31.2. The average molecular weight is 593 g/mol. The van der Waals surface area contributed by atoms with E-state index < -0.39 is 26.8 Å². The first kappa shape index (κ1) is 31.7. The lowest BCUT2D eigenvalue weighted by molar-refractivity contribution is 0.212. The van der Waals surface area contributed by atoms with Gasteiger partial charge in [-0.3, -0.25) is 9.13 Å². The number of phenolic OH excluding ortho intramolecular Hbond substituents is 2. The van der Waals surface area contributed by atoms with Gasteiger partial charge in [0.1, 0.15) is 11.5 Å². The van der Waals surface area contributed by atoms with E-state index in [4.69, 9.17) is 18.1 Å². The minimum Gasteiger partial charge on any atom is -0.508 e. The van der Waals surface area contributed by atoms with Crippen LogP contribution in [-0.4, -0.2) is 36.6 Å². The molecule has 0 saturated carbocycles. The van der Waals surface area contributed by atoms with E-state index in [1.165, 1.54) is 12.1 Å². The molecule has 0 heterocycles. The third-order valence-electron chi connectivity index (χ3n) is 5.84. The maximum absolute atomic E-state index is 14.0. The summed E-state index contributed by atoms with van der Waals surface area (Å²) in [6.45, 7) is 7.29. The van der Waals surface area contributed by atoms with Crippen molar-refractivity contribution in [1.82, 2.24) is 0 Å². The fourth-order valence-electron chi connectivity index (χ4n) is 4.21. The molecular formula is C28H38N2O8P2. The Labute approximate surface area is 235 Å². The molecule has 2 unspecified atom stereocenters. The van der Waals surface area contributed by atoms with Crippen LogP contribution >= 0.6 is 15.2 Å². The minimum absolute atomic E-state index is 0.0886. The van der Waals surface area contributed by atoms with Crippen LogP contribution in [-0.2, 0) is 27.2 Å². The van der Waals surface area contributed by atoms with E-state index in [9.17, 15) is 19.3 Å². The topological polar surface area (TPSA) is 136 Å². The number of benzene rings is 3. The van der Waals surface area contributed by atoms with Gasteiger partial charge < -0.3 is 38.9 Å². The second-order valence-electron chi connectivity index (χ2n) is 8.51.